The number of aromatic nitrogens is 2. The molecule has 13 nitrogen and oxygen atoms in total. The molecular weight excluding hydrogens is 412 g/mol. The molecule has 1 rings (SSSR count). The number of aliphatic carboxylic acids is 1. The van der Waals surface area contributed by atoms with Crippen LogP contribution < -0.4 is 21.7 Å². The molecular formula is C18H30N6O7. The van der Waals surface area contributed by atoms with Gasteiger partial charge in [0, 0.05) is 18.3 Å². The van der Waals surface area contributed by atoms with E-state index >= 15 is 0 Å². The van der Waals surface area contributed by atoms with Crippen LogP contribution in [0.15, 0.2) is 12.5 Å². The number of hydrogen-bond donors (Lipinski definition) is 8. The Bertz CT molecular complexity index is 753. The van der Waals surface area contributed by atoms with Crippen molar-refractivity contribution in [2.75, 3.05) is 6.61 Å². The van der Waals surface area contributed by atoms with E-state index in [1.165, 1.54) is 19.4 Å². The van der Waals surface area contributed by atoms with Crippen molar-refractivity contribution >= 4 is 23.7 Å². The molecule has 0 saturated carbocycles. The lowest BCUT2D eigenvalue weighted by Gasteiger charge is -2.25. The standard InChI is InChI=1S/C18H30N6O7/c1-8(2)13(19)17(29)22-11(4-10-5-20-7-21-10)15(27)23-12(6-25)16(28)24-14(9(3)26)18(30)31/h5,7-9,11-14,25-26H,4,6,19H2,1-3H3,(H,20,21)(H,22,29)(H,23,27)(H,24,28)(H,30,31). The van der Waals surface area contributed by atoms with Gasteiger partial charge in [0.25, 0.3) is 0 Å². The minimum absolute atomic E-state index is 0.00637. The van der Waals surface area contributed by atoms with Gasteiger partial charge >= 0.3 is 5.97 Å². The molecule has 1 aromatic heterocycles. The van der Waals surface area contributed by atoms with E-state index in [9.17, 15) is 29.4 Å². The molecule has 1 heterocycles. The van der Waals surface area contributed by atoms with E-state index < -0.39 is 60.6 Å². The first-order chi connectivity index (χ1) is 14.5. The number of aliphatic hydroxyl groups is 2. The van der Waals surface area contributed by atoms with Gasteiger partial charge in [0.05, 0.1) is 25.1 Å². The first-order valence-electron chi connectivity index (χ1n) is 9.63. The van der Waals surface area contributed by atoms with Gasteiger partial charge < -0.3 is 42.0 Å². The topological polar surface area (TPSA) is 220 Å². The molecule has 174 valence electrons. The fourth-order valence-corrected chi connectivity index (χ4v) is 2.51. The van der Waals surface area contributed by atoms with Crippen LogP contribution in [0, 0.1) is 5.92 Å². The Labute approximate surface area is 178 Å². The summed E-state index contributed by atoms with van der Waals surface area (Å²) in [5.74, 6) is -4.09. The molecule has 0 aliphatic rings. The summed E-state index contributed by atoms with van der Waals surface area (Å²) in [5.41, 5.74) is 6.34. The van der Waals surface area contributed by atoms with E-state index in [4.69, 9.17) is 10.8 Å². The first-order valence-corrected chi connectivity index (χ1v) is 9.63. The van der Waals surface area contributed by atoms with Crippen LogP contribution in [0.5, 0.6) is 0 Å². The molecule has 3 amide bonds. The van der Waals surface area contributed by atoms with E-state index in [2.05, 4.69) is 20.6 Å². The van der Waals surface area contributed by atoms with Crippen molar-refractivity contribution in [1.29, 1.82) is 0 Å². The number of hydrogen-bond acceptors (Lipinski definition) is 8. The van der Waals surface area contributed by atoms with Crippen LogP contribution in [0.3, 0.4) is 0 Å². The molecule has 0 aliphatic carbocycles. The molecule has 13 heteroatoms. The third-order valence-corrected chi connectivity index (χ3v) is 4.49. The summed E-state index contributed by atoms with van der Waals surface area (Å²) in [6.45, 7) is 3.79. The van der Waals surface area contributed by atoms with Gasteiger partial charge in [-0.25, -0.2) is 9.78 Å². The number of aromatic amines is 1. The number of carbonyl (C=O) groups is 4. The summed E-state index contributed by atoms with van der Waals surface area (Å²) in [6, 6.07) is -5.20. The van der Waals surface area contributed by atoms with Crippen LogP contribution in [0.2, 0.25) is 0 Å². The third kappa shape index (κ3) is 7.96. The maximum Gasteiger partial charge on any atom is 0.328 e. The summed E-state index contributed by atoms with van der Waals surface area (Å²) < 4.78 is 0. The van der Waals surface area contributed by atoms with E-state index in [0.717, 1.165) is 0 Å². The van der Waals surface area contributed by atoms with E-state index in [0.29, 0.717) is 5.69 Å². The smallest absolute Gasteiger partial charge is 0.328 e. The highest BCUT2D eigenvalue weighted by Crippen LogP contribution is 2.04. The highest BCUT2D eigenvalue weighted by Gasteiger charge is 2.32. The van der Waals surface area contributed by atoms with Gasteiger partial charge in [-0.05, 0) is 12.8 Å². The lowest BCUT2D eigenvalue weighted by molar-refractivity contribution is -0.145. The number of amides is 3. The number of nitrogens with zero attached hydrogens (tertiary/aromatic N) is 1. The van der Waals surface area contributed by atoms with Gasteiger partial charge in [-0.15, -0.1) is 0 Å². The summed E-state index contributed by atoms with van der Waals surface area (Å²) >= 11 is 0. The first kappa shape index (κ1) is 26.0. The molecule has 0 radical (unpaired) electrons. The minimum Gasteiger partial charge on any atom is -0.480 e. The maximum atomic E-state index is 12.8. The summed E-state index contributed by atoms with van der Waals surface area (Å²) in [6.07, 6.45) is 1.41. The lowest BCUT2D eigenvalue weighted by atomic mass is 10.0. The van der Waals surface area contributed by atoms with Crippen LogP contribution in [-0.2, 0) is 25.6 Å². The molecule has 0 spiro atoms. The largest absolute Gasteiger partial charge is 0.480 e. The molecule has 5 unspecified atom stereocenters. The zero-order chi connectivity index (χ0) is 23.7. The average Bonchev–Trinajstić information content (AvgIpc) is 3.20. The van der Waals surface area contributed by atoms with E-state index in [-0.39, 0.29) is 12.3 Å². The second-order valence-corrected chi connectivity index (χ2v) is 7.42. The van der Waals surface area contributed by atoms with Gasteiger partial charge in [0.1, 0.15) is 12.1 Å². The zero-order valence-corrected chi connectivity index (χ0v) is 17.5. The number of aliphatic hydroxyl groups excluding tert-OH is 2. The van der Waals surface area contributed by atoms with Gasteiger partial charge in [0.2, 0.25) is 17.7 Å². The van der Waals surface area contributed by atoms with Gasteiger partial charge in [0.15, 0.2) is 6.04 Å². The average molecular weight is 442 g/mol. The van der Waals surface area contributed by atoms with Crippen LogP contribution in [0.4, 0.5) is 0 Å². The number of carboxylic acids is 1. The SMILES string of the molecule is CC(C)C(N)C(=O)NC(Cc1cnc[nH]1)C(=O)NC(CO)C(=O)NC(C(=O)O)C(C)O. The maximum absolute atomic E-state index is 12.8. The zero-order valence-electron chi connectivity index (χ0n) is 17.5. The normalized spacial score (nSPS) is 16.0. The van der Waals surface area contributed by atoms with Crippen molar-refractivity contribution in [3.63, 3.8) is 0 Å². The second kappa shape index (κ2) is 12.0. The Balaban J connectivity index is 2.94. The molecule has 9 N–H and O–H groups in total. The molecule has 1 aromatic rings. The van der Waals surface area contributed by atoms with Crippen LogP contribution in [-0.4, -0.2) is 85.9 Å². The Morgan fingerprint density at radius 1 is 1.06 bits per heavy atom. The van der Waals surface area contributed by atoms with Crippen molar-refractivity contribution in [3.8, 4) is 0 Å². The van der Waals surface area contributed by atoms with Crippen molar-refractivity contribution in [3.05, 3.63) is 18.2 Å². The molecule has 31 heavy (non-hydrogen) atoms. The quantitative estimate of drug-likeness (QED) is 0.163. The number of rotatable bonds is 12. The lowest BCUT2D eigenvalue weighted by Crippen LogP contribution is -2.59. The molecule has 0 aromatic carbocycles. The summed E-state index contributed by atoms with van der Waals surface area (Å²) in [7, 11) is 0. The molecule has 0 saturated heterocycles. The Morgan fingerprint density at radius 2 is 1.65 bits per heavy atom. The molecule has 0 fully saturated rings. The number of carbonyl (C=O) groups excluding carboxylic acids is 3. The number of nitrogens with two attached hydrogens (primary N) is 1. The van der Waals surface area contributed by atoms with Crippen LogP contribution in [0.1, 0.15) is 26.5 Å². The van der Waals surface area contributed by atoms with Crippen molar-refractivity contribution < 1.29 is 34.5 Å². The molecule has 5 atom stereocenters. The van der Waals surface area contributed by atoms with E-state index in [1.54, 1.807) is 13.8 Å². The number of H-pyrrole nitrogens is 1. The minimum atomic E-state index is -1.64. The fraction of sp³-hybridized carbons (Fsp3) is 0.611. The summed E-state index contributed by atoms with van der Waals surface area (Å²) in [4.78, 5) is 55.2. The highest BCUT2D eigenvalue weighted by atomic mass is 16.4. The predicted octanol–water partition coefficient (Wildman–Crippen LogP) is -3.15. The van der Waals surface area contributed by atoms with Crippen molar-refractivity contribution in [2.24, 2.45) is 11.7 Å². The van der Waals surface area contributed by atoms with Gasteiger partial charge in [-0.3, -0.25) is 14.4 Å². The Hall–Kier alpha value is -3.03. The second-order valence-electron chi connectivity index (χ2n) is 7.42. The molecule has 0 bridgehead atoms. The number of imidazole rings is 1. The Kier molecular flexibility index (Phi) is 10.0. The van der Waals surface area contributed by atoms with Crippen molar-refractivity contribution in [2.45, 2.75) is 57.5 Å². The number of carboxylic acid groups (broad SMARTS) is 1. The van der Waals surface area contributed by atoms with Crippen molar-refractivity contribution in [1.82, 2.24) is 25.9 Å². The van der Waals surface area contributed by atoms with Crippen LogP contribution in [0.25, 0.3) is 0 Å². The summed E-state index contributed by atoms with van der Waals surface area (Å²) in [5, 5.41) is 34.9. The van der Waals surface area contributed by atoms with Crippen LogP contribution >= 0.6 is 0 Å². The monoisotopic (exact) mass is 442 g/mol. The predicted molar refractivity (Wildman–Crippen MR) is 107 cm³/mol. The molecule has 0 aliphatic heterocycles. The van der Waals surface area contributed by atoms with E-state index in [1.807, 2.05) is 5.32 Å². The number of nitrogens with one attached hydrogen (secondary N) is 4. The Morgan fingerprint density at radius 3 is 2.10 bits per heavy atom. The van der Waals surface area contributed by atoms with Gasteiger partial charge in [-0.2, -0.15) is 0 Å². The third-order valence-electron chi connectivity index (χ3n) is 4.49. The highest BCUT2D eigenvalue weighted by molar-refractivity contribution is 5.94. The fourth-order valence-electron chi connectivity index (χ4n) is 2.51. The van der Waals surface area contributed by atoms with Gasteiger partial charge in [-0.1, -0.05) is 13.8 Å².